The van der Waals surface area contributed by atoms with Gasteiger partial charge in [0, 0.05) is 13.1 Å². The van der Waals surface area contributed by atoms with Crippen LogP contribution in [-0.4, -0.2) is 24.6 Å². The van der Waals surface area contributed by atoms with Crippen molar-refractivity contribution in [2.75, 3.05) is 24.6 Å². The number of nitro benzene ring substituents is 1. The Balaban J connectivity index is 2.33. The lowest BCUT2D eigenvalue weighted by molar-refractivity contribution is -0.384. The van der Waals surface area contributed by atoms with Crippen LogP contribution in [0.3, 0.4) is 0 Å². The van der Waals surface area contributed by atoms with Gasteiger partial charge in [-0.15, -0.1) is 0 Å². The highest BCUT2D eigenvalue weighted by Crippen LogP contribution is 2.33. The number of anilines is 1. The van der Waals surface area contributed by atoms with Crippen LogP contribution >= 0.6 is 0 Å². The van der Waals surface area contributed by atoms with Gasteiger partial charge in [-0.3, -0.25) is 10.1 Å². The van der Waals surface area contributed by atoms with Crippen molar-refractivity contribution in [1.29, 1.82) is 0 Å². The summed E-state index contributed by atoms with van der Waals surface area (Å²) in [5.74, 6) is 0.558. The van der Waals surface area contributed by atoms with Gasteiger partial charge in [-0.2, -0.15) is 0 Å². The minimum absolute atomic E-state index is 0.137. The number of hydrogen-bond donors (Lipinski definition) is 0. The van der Waals surface area contributed by atoms with Crippen LogP contribution in [0.2, 0.25) is 0 Å². The summed E-state index contributed by atoms with van der Waals surface area (Å²) >= 11 is 0. The molecule has 0 saturated carbocycles. The molecule has 0 unspecified atom stereocenters. The SMILES string of the molecule is CCOc1ccc(N2CCCC2)c([N+](=O)[O-])c1. The molecular formula is C12H16N2O3. The highest BCUT2D eigenvalue weighted by atomic mass is 16.6. The zero-order chi connectivity index (χ0) is 12.3. The molecule has 0 aliphatic carbocycles. The molecule has 1 aromatic rings. The molecule has 2 rings (SSSR count). The highest BCUT2D eigenvalue weighted by Gasteiger charge is 2.22. The maximum absolute atomic E-state index is 11.1. The number of nitro groups is 1. The smallest absolute Gasteiger partial charge is 0.296 e. The summed E-state index contributed by atoms with van der Waals surface area (Å²) in [4.78, 5) is 12.8. The number of ether oxygens (including phenoxy) is 1. The Bertz CT molecular complexity index is 414. The van der Waals surface area contributed by atoms with Crippen LogP contribution in [0.25, 0.3) is 0 Å². The Morgan fingerprint density at radius 2 is 2.12 bits per heavy atom. The van der Waals surface area contributed by atoms with Crippen molar-refractivity contribution in [3.8, 4) is 5.75 Å². The molecule has 0 atom stereocenters. The van der Waals surface area contributed by atoms with Crippen molar-refractivity contribution in [2.24, 2.45) is 0 Å². The molecule has 1 heterocycles. The summed E-state index contributed by atoms with van der Waals surface area (Å²) < 4.78 is 5.29. The summed E-state index contributed by atoms with van der Waals surface area (Å²) in [7, 11) is 0. The van der Waals surface area contributed by atoms with Crippen molar-refractivity contribution in [3.63, 3.8) is 0 Å². The molecule has 0 amide bonds. The third-order valence-corrected chi connectivity index (χ3v) is 2.90. The summed E-state index contributed by atoms with van der Waals surface area (Å²) in [6.07, 6.45) is 2.20. The van der Waals surface area contributed by atoms with Gasteiger partial charge in [0.05, 0.1) is 17.6 Å². The summed E-state index contributed by atoms with van der Waals surface area (Å²) in [5, 5.41) is 11.1. The molecule has 0 bridgehead atoms. The van der Waals surface area contributed by atoms with E-state index in [0.29, 0.717) is 18.0 Å². The van der Waals surface area contributed by atoms with Crippen LogP contribution < -0.4 is 9.64 Å². The maximum Gasteiger partial charge on any atom is 0.296 e. The van der Waals surface area contributed by atoms with Gasteiger partial charge in [0.2, 0.25) is 0 Å². The summed E-state index contributed by atoms with van der Waals surface area (Å²) in [5.41, 5.74) is 0.841. The second-order valence-electron chi connectivity index (χ2n) is 4.03. The molecule has 17 heavy (non-hydrogen) atoms. The third-order valence-electron chi connectivity index (χ3n) is 2.90. The number of hydrogen-bond acceptors (Lipinski definition) is 4. The van der Waals surface area contributed by atoms with E-state index >= 15 is 0 Å². The van der Waals surface area contributed by atoms with E-state index in [1.807, 2.05) is 6.92 Å². The number of nitrogens with zero attached hydrogens (tertiary/aromatic N) is 2. The van der Waals surface area contributed by atoms with Crippen molar-refractivity contribution in [3.05, 3.63) is 28.3 Å². The first-order chi connectivity index (χ1) is 8.22. The first-order valence-corrected chi connectivity index (χ1v) is 5.88. The Hall–Kier alpha value is -1.78. The maximum atomic E-state index is 11.1. The fourth-order valence-electron chi connectivity index (χ4n) is 2.13. The van der Waals surface area contributed by atoms with E-state index in [-0.39, 0.29) is 10.6 Å². The standard InChI is InChI=1S/C12H16N2O3/c1-2-17-10-5-6-11(12(9-10)14(15)16)13-7-3-4-8-13/h5-6,9H,2-4,7-8H2,1H3. The molecule has 5 nitrogen and oxygen atoms in total. The van der Waals surface area contributed by atoms with Crippen LogP contribution in [-0.2, 0) is 0 Å². The van der Waals surface area contributed by atoms with Crippen molar-refractivity contribution in [2.45, 2.75) is 19.8 Å². The molecule has 1 saturated heterocycles. The topological polar surface area (TPSA) is 55.6 Å². The molecule has 0 aromatic heterocycles. The highest BCUT2D eigenvalue weighted by molar-refractivity contribution is 5.65. The molecule has 1 aliphatic heterocycles. The molecule has 1 fully saturated rings. The fourth-order valence-corrected chi connectivity index (χ4v) is 2.13. The Morgan fingerprint density at radius 1 is 1.41 bits per heavy atom. The van der Waals surface area contributed by atoms with Gasteiger partial charge in [-0.1, -0.05) is 0 Å². The van der Waals surface area contributed by atoms with Crippen LogP contribution in [0.1, 0.15) is 19.8 Å². The predicted molar refractivity (Wildman–Crippen MR) is 65.7 cm³/mol. The molecule has 92 valence electrons. The van der Waals surface area contributed by atoms with E-state index in [1.54, 1.807) is 12.1 Å². The van der Waals surface area contributed by atoms with E-state index < -0.39 is 0 Å². The van der Waals surface area contributed by atoms with E-state index in [0.717, 1.165) is 25.9 Å². The second-order valence-corrected chi connectivity index (χ2v) is 4.03. The minimum Gasteiger partial charge on any atom is -0.494 e. The van der Waals surface area contributed by atoms with Crippen LogP contribution in [0, 0.1) is 10.1 Å². The average Bonchev–Trinajstić information content (AvgIpc) is 2.82. The average molecular weight is 236 g/mol. The van der Waals surface area contributed by atoms with Crippen LogP contribution in [0.5, 0.6) is 5.75 Å². The van der Waals surface area contributed by atoms with E-state index in [2.05, 4.69) is 4.90 Å². The first kappa shape index (κ1) is 11.7. The van der Waals surface area contributed by atoms with Crippen molar-refractivity contribution < 1.29 is 9.66 Å². The molecule has 0 radical (unpaired) electrons. The molecular weight excluding hydrogens is 220 g/mol. The minimum atomic E-state index is -0.337. The molecule has 1 aromatic carbocycles. The van der Waals surface area contributed by atoms with Gasteiger partial charge in [-0.05, 0) is 31.9 Å². The van der Waals surface area contributed by atoms with Gasteiger partial charge >= 0.3 is 0 Å². The molecule has 1 aliphatic rings. The van der Waals surface area contributed by atoms with Gasteiger partial charge < -0.3 is 9.64 Å². The predicted octanol–water partition coefficient (Wildman–Crippen LogP) is 2.59. The largest absolute Gasteiger partial charge is 0.494 e. The zero-order valence-corrected chi connectivity index (χ0v) is 9.89. The lowest BCUT2D eigenvalue weighted by Crippen LogP contribution is -2.18. The Morgan fingerprint density at radius 3 is 2.71 bits per heavy atom. The Kier molecular flexibility index (Phi) is 3.46. The second kappa shape index (κ2) is 5.03. The van der Waals surface area contributed by atoms with E-state index in [4.69, 9.17) is 4.74 Å². The lowest BCUT2D eigenvalue weighted by Gasteiger charge is -2.17. The summed E-state index contributed by atoms with van der Waals surface area (Å²) in [6.45, 7) is 4.17. The lowest BCUT2D eigenvalue weighted by atomic mass is 10.2. The van der Waals surface area contributed by atoms with Crippen molar-refractivity contribution in [1.82, 2.24) is 0 Å². The molecule has 5 heteroatoms. The first-order valence-electron chi connectivity index (χ1n) is 5.88. The Labute approximate surface area is 100 Å². The van der Waals surface area contributed by atoms with Crippen LogP contribution in [0.15, 0.2) is 18.2 Å². The van der Waals surface area contributed by atoms with E-state index in [9.17, 15) is 10.1 Å². The van der Waals surface area contributed by atoms with E-state index in [1.165, 1.54) is 6.07 Å². The van der Waals surface area contributed by atoms with Gasteiger partial charge in [0.15, 0.2) is 0 Å². The van der Waals surface area contributed by atoms with Crippen molar-refractivity contribution >= 4 is 11.4 Å². The molecule has 0 spiro atoms. The van der Waals surface area contributed by atoms with Gasteiger partial charge in [0.1, 0.15) is 11.4 Å². The third kappa shape index (κ3) is 2.49. The van der Waals surface area contributed by atoms with Gasteiger partial charge in [0.25, 0.3) is 5.69 Å². The zero-order valence-electron chi connectivity index (χ0n) is 9.89. The van der Waals surface area contributed by atoms with Gasteiger partial charge in [-0.25, -0.2) is 0 Å². The fraction of sp³-hybridized carbons (Fsp3) is 0.500. The normalized spacial score (nSPS) is 15.0. The number of benzene rings is 1. The summed E-state index contributed by atoms with van der Waals surface area (Å²) in [6, 6.07) is 5.09. The monoisotopic (exact) mass is 236 g/mol. The number of rotatable bonds is 4. The molecule has 0 N–H and O–H groups in total. The van der Waals surface area contributed by atoms with Crippen LogP contribution in [0.4, 0.5) is 11.4 Å². The quantitative estimate of drug-likeness (QED) is 0.595.